The number of benzene rings is 3. The summed E-state index contributed by atoms with van der Waals surface area (Å²) in [5, 5.41) is 25.8. The first-order valence-electron chi connectivity index (χ1n) is 17.8. The second kappa shape index (κ2) is 24.0. The molecule has 0 aromatic heterocycles. The van der Waals surface area contributed by atoms with E-state index in [4.69, 9.17) is 47.6 Å². The molecule has 15 heteroatoms. The van der Waals surface area contributed by atoms with Gasteiger partial charge in [0.25, 0.3) is 0 Å². The first-order chi connectivity index (χ1) is 26.3. The number of methoxy groups -OCH3 is 3. The molecule has 3 aromatic rings. The van der Waals surface area contributed by atoms with Crippen molar-refractivity contribution < 1.29 is 65.7 Å². The standard InChI is InChI=1S/C29H32O8.C8H16NO5P/c1-33-25-12-7-21(8-13-25)29(35-3,22-9-14-26(34-2)15-10-22)23-5-4-6-27(19-23)37-20-24(31)11-16-28(32)36-18-17-30;1-2-6-12-15(11,14-8-5-10)13-7-3-4-9/h4-10,12-15,19,30H,11,16-18,20H2,1-3H3;10H,2-3,5-8H2,1H3/i18T;5T,6T. The summed E-state index contributed by atoms with van der Waals surface area (Å²) in [6.07, 6.45) is -0.0248. The van der Waals surface area contributed by atoms with Crippen LogP contribution in [0.15, 0.2) is 72.8 Å². The second-order valence-electron chi connectivity index (χ2n) is 10.4. The zero-order valence-corrected chi connectivity index (χ0v) is 30.5. The zero-order valence-electron chi connectivity index (χ0n) is 32.6. The molecule has 0 heterocycles. The number of Topliss-reactive ketones (excluding diaryl/α,β-unsaturated/α-hetero) is 1. The van der Waals surface area contributed by atoms with Crippen molar-refractivity contribution in [2.45, 2.75) is 38.2 Å². The van der Waals surface area contributed by atoms with Crippen molar-refractivity contribution in [3.63, 3.8) is 0 Å². The number of aliphatic hydroxyl groups excluding tert-OH is 2. The van der Waals surface area contributed by atoms with Crippen LogP contribution in [0.4, 0.5) is 0 Å². The molecule has 284 valence electrons. The highest BCUT2D eigenvalue weighted by atomic mass is 31.2. The first kappa shape index (κ1) is 38.9. The molecule has 0 amide bonds. The largest absolute Gasteiger partial charge is 0.497 e. The minimum absolute atomic E-state index is 0.00503. The molecular weight excluding hydrogens is 697 g/mol. The lowest BCUT2D eigenvalue weighted by Crippen LogP contribution is -2.31. The molecule has 0 saturated carbocycles. The molecule has 0 aliphatic rings. The van der Waals surface area contributed by atoms with Crippen LogP contribution in [0.2, 0.25) is 0 Å². The summed E-state index contributed by atoms with van der Waals surface area (Å²) in [4.78, 5) is 24.0. The van der Waals surface area contributed by atoms with E-state index < -0.39 is 52.4 Å². The number of ketones is 1. The molecule has 0 fully saturated rings. The Morgan fingerprint density at radius 2 is 1.44 bits per heavy atom. The summed E-state index contributed by atoms with van der Waals surface area (Å²) in [5.41, 5.74) is 1.47. The molecule has 0 aliphatic carbocycles. The predicted molar refractivity (Wildman–Crippen MR) is 190 cm³/mol. The van der Waals surface area contributed by atoms with Gasteiger partial charge in [-0.1, -0.05) is 43.3 Å². The van der Waals surface area contributed by atoms with E-state index in [1.54, 1.807) is 40.4 Å². The smallest absolute Gasteiger partial charge is 0.474 e. The van der Waals surface area contributed by atoms with Gasteiger partial charge in [-0.15, -0.1) is 0 Å². The fourth-order valence-electron chi connectivity index (χ4n) is 4.57. The molecule has 4 unspecified atom stereocenters. The van der Waals surface area contributed by atoms with Gasteiger partial charge in [-0.05, 0) is 59.5 Å². The molecule has 0 aliphatic heterocycles. The average Bonchev–Trinajstić information content (AvgIpc) is 3.20. The molecule has 3 aromatic carbocycles. The van der Waals surface area contributed by atoms with Crippen LogP contribution < -0.4 is 14.2 Å². The Hall–Kier alpha value is -4.32. The number of rotatable bonds is 23. The molecular formula is C37H48NO13P. The molecule has 0 bridgehead atoms. The number of ether oxygens (including phenoxy) is 5. The number of hydrogen-bond donors (Lipinski definition) is 2. The van der Waals surface area contributed by atoms with Crippen molar-refractivity contribution in [2.24, 2.45) is 0 Å². The normalized spacial score (nSPS) is 14.7. The van der Waals surface area contributed by atoms with Crippen LogP contribution in [0, 0.1) is 11.3 Å². The van der Waals surface area contributed by atoms with E-state index in [9.17, 15) is 14.2 Å². The summed E-state index contributed by atoms with van der Waals surface area (Å²) in [7, 11) is 0.845. The van der Waals surface area contributed by atoms with E-state index in [1.165, 1.54) is 0 Å². The van der Waals surface area contributed by atoms with Gasteiger partial charge in [0.15, 0.2) is 5.78 Å². The number of aliphatic hydroxyl groups is 2. The van der Waals surface area contributed by atoms with Crippen molar-refractivity contribution >= 4 is 19.6 Å². The highest BCUT2D eigenvalue weighted by Crippen LogP contribution is 2.49. The number of nitrogens with zero attached hydrogens (tertiary/aromatic N) is 1. The van der Waals surface area contributed by atoms with Gasteiger partial charge < -0.3 is 33.9 Å². The fourth-order valence-corrected chi connectivity index (χ4v) is 5.66. The number of esters is 1. The van der Waals surface area contributed by atoms with Crippen LogP contribution >= 0.6 is 7.82 Å². The monoisotopic (exact) mass is 751 g/mol. The van der Waals surface area contributed by atoms with Crippen molar-refractivity contribution in [1.82, 2.24) is 0 Å². The van der Waals surface area contributed by atoms with Crippen LogP contribution in [0.25, 0.3) is 0 Å². The van der Waals surface area contributed by atoms with Crippen LogP contribution in [-0.2, 0) is 42.8 Å². The molecule has 4 atom stereocenters. The fraction of sp³-hybridized carbons (Fsp3) is 0.432. The highest BCUT2D eigenvalue weighted by molar-refractivity contribution is 7.48. The van der Waals surface area contributed by atoms with Crippen molar-refractivity contribution in [1.29, 1.82) is 5.26 Å². The van der Waals surface area contributed by atoms with Crippen molar-refractivity contribution in [3.05, 3.63) is 89.5 Å². The lowest BCUT2D eigenvalue weighted by atomic mass is 9.80. The van der Waals surface area contributed by atoms with Gasteiger partial charge in [-0.2, -0.15) is 5.26 Å². The van der Waals surface area contributed by atoms with Crippen LogP contribution in [0.5, 0.6) is 17.2 Å². The third-order valence-electron chi connectivity index (χ3n) is 6.98. The number of carbonyl (C=O) groups excluding carboxylic acids is 2. The van der Waals surface area contributed by atoms with Gasteiger partial charge in [0.05, 0.1) is 70.2 Å². The van der Waals surface area contributed by atoms with E-state index >= 15 is 0 Å². The summed E-state index contributed by atoms with van der Waals surface area (Å²) in [6.45, 7) is -3.94. The lowest BCUT2D eigenvalue weighted by molar-refractivity contribution is -0.145. The molecule has 2 N–H and O–H groups in total. The molecule has 52 heavy (non-hydrogen) atoms. The summed E-state index contributed by atoms with van der Waals surface area (Å²) in [6, 6.07) is 24.2. The topological polar surface area (TPSA) is 189 Å². The minimum atomic E-state index is -3.99. The molecule has 3 rings (SSSR count). The van der Waals surface area contributed by atoms with Gasteiger partial charge in [-0.25, -0.2) is 4.57 Å². The Morgan fingerprint density at radius 3 is 1.96 bits per heavy atom. The SMILES string of the molecule is [3H]C(CO)OC(=O)CCC(=O)COc1cccc(C(OC)(c2ccc(OC)cc2)c2ccc(OC)cc2)c1.[3H]C(O)COP(=O)(OCCC#N)OC([3H])CC. The molecule has 0 spiro atoms. The third-order valence-corrected chi connectivity index (χ3v) is 8.35. The van der Waals surface area contributed by atoms with Gasteiger partial charge in [0, 0.05) is 13.5 Å². The number of phosphoric acid groups is 1. The van der Waals surface area contributed by atoms with Gasteiger partial charge in [0.2, 0.25) is 0 Å². The third kappa shape index (κ3) is 14.0. The average molecular weight is 752 g/mol. The Labute approximate surface area is 308 Å². The quantitative estimate of drug-likeness (QED) is 0.0545. The Morgan fingerprint density at radius 1 is 0.827 bits per heavy atom. The molecule has 14 nitrogen and oxygen atoms in total. The van der Waals surface area contributed by atoms with E-state index in [1.807, 2.05) is 66.7 Å². The number of carbonyl (C=O) groups is 2. The maximum Gasteiger partial charge on any atom is 0.474 e. The van der Waals surface area contributed by atoms with Gasteiger partial charge in [-0.3, -0.25) is 23.2 Å². The highest BCUT2D eigenvalue weighted by Gasteiger charge is 2.37. The molecule has 0 saturated heterocycles. The van der Waals surface area contributed by atoms with E-state index in [0.717, 1.165) is 16.7 Å². The second-order valence-corrected chi connectivity index (χ2v) is 12.0. The Balaban J connectivity index is 0.000000518. The number of hydrogen-bond acceptors (Lipinski definition) is 14. The summed E-state index contributed by atoms with van der Waals surface area (Å²) >= 11 is 0. The lowest BCUT2D eigenvalue weighted by Gasteiger charge is -2.34. The van der Waals surface area contributed by atoms with Crippen LogP contribution in [0.1, 0.15) is 53.4 Å². The van der Waals surface area contributed by atoms with Crippen molar-refractivity contribution in [2.75, 3.05) is 67.5 Å². The van der Waals surface area contributed by atoms with E-state index in [0.29, 0.717) is 17.2 Å². The number of phosphoric ester groups is 1. The predicted octanol–water partition coefficient (Wildman–Crippen LogP) is 5.37. The van der Waals surface area contributed by atoms with Crippen LogP contribution in [-0.4, -0.2) is 89.5 Å². The Kier molecular flexibility index (Phi) is 18.0. The summed E-state index contributed by atoms with van der Waals surface area (Å²) < 4.78 is 74.7. The first-order valence-corrected chi connectivity index (χ1v) is 17.5. The summed E-state index contributed by atoms with van der Waals surface area (Å²) in [5.74, 6) is 0.845. The minimum Gasteiger partial charge on any atom is -0.497 e. The maximum atomic E-state index is 12.3. The zero-order chi connectivity index (χ0) is 40.9. The molecule has 0 radical (unpaired) electrons. The van der Waals surface area contributed by atoms with E-state index in [-0.39, 0.29) is 44.7 Å². The van der Waals surface area contributed by atoms with Crippen LogP contribution in [0.3, 0.4) is 0 Å². The maximum absolute atomic E-state index is 12.3. The number of nitriles is 1. The van der Waals surface area contributed by atoms with Gasteiger partial charge in [0.1, 0.15) is 36.0 Å². The van der Waals surface area contributed by atoms with E-state index in [2.05, 4.69) is 9.26 Å². The van der Waals surface area contributed by atoms with Gasteiger partial charge >= 0.3 is 13.8 Å². The van der Waals surface area contributed by atoms with Crippen molar-refractivity contribution in [3.8, 4) is 23.3 Å². The Bertz CT molecular complexity index is 1640.